The number of nitrogens with zero attached hydrogens (tertiary/aromatic N) is 1. The van der Waals surface area contributed by atoms with E-state index in [2.05, 4.69) is 21.8 Å². The van der Waals surface area contributed by atoms with Crippen LogP contribution in [0.3, 0.4) is 0 Å². The molecule has 2 aromatic carbocycles. The smallest absolute Gasteiger partial charge is 0.216 e. The Morgan fingerprint density at radius 1 is 1.00 bits per heavy atom. The van der Waals surface area contributed by atoms with Gasteiger partial charge in [-0.2, -0.15) is 0 Å². The Kier molecular flexibility index (Phi) is 5.21. The van der Waals surface area contributed by atoms with Crippen molar-refractivity contribution >= 4 is 15.7 Å². The lowest BCUT2D eigenvalue weighted by Crippen LogP contribution is -2.45. The zero-order valence-electron chi connectivity index (χ0n) is 14.0. The molecule has 0 radical (unpaired) electrons. The molecule has 0 spiro atoms. The summed E-state index contributed by atoms with van der Waals surface area (Å²) in [5, 5.41) is 0. The highest BCUT2D eigenvalue weighted by Gasteiger charge is 2.23. The van der Waals surface area contributed by atoms with Gasteiger partial charge in [0.05, 0.1) is 5.75 Å². The number of sulfonamides is 1. The van der Waals surface area contributed by atoms with E-state index in [1.165, 1.54) is 5.69 Å². The van der Waals surface area contributed by atoms with E-state index in [1.54, 1.807) is 0 Å². The molecule has 1 heterocycles. The first-order valence-corrected chi connectivity index (χ1v) is 10.0. The third-order valence-electron chi connectivity index (χ3n) is 4.44. The summed E-state index contributed by atoms with van der Waals surface area (Å²) in [6.07, 6.45) is 1.67. The van der Waals surface area contributed by atoms with E-state index < -0.39 is 10.0 Å². The maximum Gasteiger partial charge on any atom is 0.216 e. The van der Waals surface area contributed by atoms with Gasteiger partial charge in [0.25, 0.3) is 0 Å². The lowest BCUT2D eigenvalue weighted by Gasteiger charge is -2.33. The molecule has 0 aliphatic carbocycles. The van der Waals surface area contributed by atoms with Crippen molar-refractivity contribution in [1.82, 2.24) is 4.72 Å². The molecular weight excluding hydrogens is 320 g/mol. The highest BCUT2D eigenvalue weighted by Crippen LogP contribution is 2.20. The van der Waals surface area contributed by atoms with Crippen LogP contribution in [0.1, 0.15) is 24.0 Å². The lowest BCUT2D eigenvalue weighted by molar-refractivity contribution is 0.460. The van der Waals surface area contributed by atoms with Crippen LogP contribution in [0.15, 0.2) is 54.6 Å². The van der Waals surface area contributed by atoms with Gasteiger partial charge in [0.2, 0.25) is 10.0 Å². The number of anilines is 1. The molecule has 0 atom stereocenters. The normalized spacial score (nSPS) is 16.3. The molecule has 128 valence electrons. The average Bonchev–Trinajstić information content (AvgIpc) is 2.58. The van der Waals surface area contributed by atoms with Crippen molar-refractivity contribution < 1.29 is 8.42 Å². The number of nitrogens with one attached hydrogen (secondary N) is 1. The van der Waals surface area contributed by atoms with Gasteiger partial charge in [-0.25, -0.2) is 13.1 Å². The summed E-state index contributed by atoms with van der Waals surface area (Å²) in [5.74, 6) is 0.0478. The third kappa shape index (κ3) is 4.58. The highest BCUT2D eigenvalue weighted by atomic mass is 32.2. The van der Waals surface area contributed by atoms with Gasteiger partial charge in [-0.15, -0.1) is 0 Å². The Balaban J connectivity index is 1.54. The highest BCUT2D eigenvalue weighted by molar-refractivity contribution is 7.88. The Labute approximate surface area is 144 Å². The molecule has 0 unspecified atom stereocenters. The van der Waals surface area contributed by atoms with Crippen LogP contribution in [0.4, 0.5) is 5.69 Å². The van der Waals surface area contributed by atoms with Crippen molar-refractivity contribution in [1.29, 1.82) is 0 Å². The van der Waals surface area contributed by atoms with Crippen LogP contribution in [0.2, 0.25) is 0 Å². The second-order valence-corrected chi connectivity index (χ2v) is 8.21. The topological polar surface area (TPSA) is 49.4 Å². The molecule has 0 bridgehead atoms. The first kappa shape index (κ1) is 17.0. The molecule has 1 aliphatic heterocycles. The first-order valence-electron chi connectivity index (χ1n) is 8.37. The minimum atomic E-state index is -3.30. The summed E-state index contributed by atoms with van der Waals surface area (Å²) in [5.41, 5.74) is 3.17. The summed E-state index contributed by atoms with van der Waals surface area (Å²) in [6.45, 7) is 3.75. The van der Waals surface area contributed by atoms with E-state index in [-0.39, 0.29) is 11.8 Å². The van der Waals surface area contributed by atoms with Gasteiger partial charge in [0.1, 0.15) is 0 Å². The predicted octanol–water partition coefficient (Wildman–Crippen LogP) is 3.08. The molecule has 1 aliphatic rings. The largest absolute Gasteiger partial charge is 0.371 e. The molecule has 1 N–H and O–H groups in total. The molecular formula is C19H24N2O2S. The number of aryl methyl sites for hydroxylation is 1. The van der Waals surface area contributed by atoms with Crippen molar-refractivity contribution in [3.8, 4) is 0 Å². The minimum Gasteiger partial charge on any atom is -0.371 e. The van der Waals surface area contributed by atoms with Crippen molar-refractivity contribution in [3.05, 3.63) is 65.7 Å². The van der Waals surface area contributed by atoms with Crippen molar-refractivity contribution in [3.63, 3.8) is 0 Å². The molecule has 2 aromatic rings. The standard InChI is InChI=1S/C19H24N2O2S/c1-16-7-9-17(10-8-16)15-24(22,23)20-18-11-13-21(14-12-18)19-5-3-2-4-6-19/h2-10,18,20H,11-15H2,1H3. The fourth-order valence-electron chi connectivity index (χ4n) is 3.09. The van der Waals surface area contributed by atoms with Crippen LogP contribution in [0.25, 0.3) is 0 Å². The molecule has 3 rings (SSSR count). The summed E-state index contributed by atoms with van der Waals surface area (Å²) < 4.78 is 27.6. The number of piperidine rings is 1. The van der Waals surface area contributed by atoms with E-state index in [4.69, 9.17) is 0 Å². The molecule has 5 heteroatoms. The maximum atomic E-state index is 12.4. The Hall–Kier alpha value is -1.85. The number of para-hydroxylation sites is 1. The van der Waals surface area contributed by atoms with Gasteiger partial charge >= 0.3 is 0 Å². The van der Waals surface area contributed by atoms with Gasteiger partial charge in [-0.05, 0) is 37.5 Å². The minimum absolute atomic E-state index is 0.0282. The van der Waals surface area contributed by atoms with Crippen LogP contribution < -0.4 is 9.62 Å². The molecule has 24 heavy (non-hydrogen) atoms. The van der Waals surface area contributed by atoms with E-state index in [0.717, 1.165) is 37.1 Å². The summed E-state index contributed by atoms with van der Waals surface area (Å²) in [4.78, 5) is 2.31. The van der Waals surface area contributed by atoms with Gasteiger partial charge in [-0.3, -0.25) is 0 Å². The quantitative estimate of drug-likeness (QED) is 0.907. The SMILES string of the molecule is Cc1ccc(CS(=O)(=O)NC2CCN(c3ccccc3)CC2)cc1. The number of benzene rings is 2. The average molecular weight is 344 g/mol. The van der Waals surface area contributed by atoms with Gasteiger partial charge in [-0.1, -0.05) is 48.0 Å². The second-order valence-electron chi connectivity index (χ2n) is 6.46. The Morgan fingerprint density at radius 3 is 2.25 bits per heavy atom. The molecule has 0 aromatic heterocycles. The van der Waals surface area contributed by atoms with E-state index in [9.17, 15) is 8.42 Å². The van der Waals surface area contributed by atoms with E-state index >= 15 is 0 Å². The summed E-state index contributed by atoms with van der Waals surface area (Å²) >= 11 is 0. The first-order chi connectivity index (χ1) is 11.5. The van der Waals surface area contributed by atoms with Crippen LogP contribution in [0.5, 0.6) is 0 Å². The molecule has 1 fully saturated rings. The fraction of sp³-hybridized carbons (Fsp3) is 0.368. The van der Waals surface area contributed by atoms with E-state index in [1.807, 2.05) is 49.4 Å². The monoisotopic (exact) mass is 344 g/mol. The third-order valence-corrected chi connectivity index (χ3v) is 5.85. The molecule has 1 saturated heterocycles. The lowest BCUT2D eigenvalue weighted by atomic mass is 10.1. The van der Waals surface area contributed by atoms with Crippen LogP contribution in [-0.2, 0) is 15.8 Å². The molecule has 0 saturated carbocycles. The number of rotatable bonds is 5. The summed E-state index contributed by atoms with van der Waals surface area (Å²) in [6, 6.07) is 18.0. The maximum absolute atomic E-state index is 12.4. The van der Waals surface area contributed by atoms with E-state index in [0.29, 0.717) is 0 Å². The van der Waals surface area contributed by atoms with Crippen LogP contribution in [-0.4, -0.2) is 27.5 Å². The molecule has 4 nitrogen and oxygen atoms in total. The summed E-state index contributed by atoms with van der Waals surface area (Å²) in [7, 11) is -3.30. The van der Waals surface area contributed by atoms with Crippen molar-refractivity contribution in [2.75, 3.05) is 18.0 Å². The van der Waals surface area contributed by atoms with Gasteiger partial charge < -0.3 is 4.90 Å². The Bertz CT molecular complexity index is 750. The van der Waals surface area contributed by atoms with Gasteiger partial charge in [0, 0.05) is 24.8 Å². The fourth-order valence-corrected chi connectivity index (χ4v) is 4.55. The molecule has 0 amide bonds. The van der Waals surface area contributed by atoms with Crippen molar-refractivity contribution in [2.45, 2.75) is 31.6 Å². The predicted molar refractivity (Wildman–Crippen MR) is 98.6 cm³/mol. The zero-order chi connectivity index (χ0) is 17.0. The Morgan fingerprint density at radius 2 is 1.62 bits per heavy atom. The number of hydrogen-bond acceptors (Lipinski definition) is 3. The van der Waals surface area contributed by atoms with Crippen LogP contribution >= 0.6 is 0 Å². The van der Waals surface area contributed by atoms with Gasteiger partial charge in [0.15, 0.2) is 0 Å². The number of hydrogen-bond donors (Lipinski definition) is 1. The van der Waals surface area contributed by atoms with Crippen LogP contribution in [0, 0.1) is 6.92 Å². The second kappa shape index (κ2) is 7.36. The zero-order valence-corrected chi connectivity index (χ0v) is 14.8. The van der Waals surface area contributed by atoms with Crippen molar-refractivity contribution in [2.24, 2.45) is 0 Å².